The molecule has 0 unspecified atom stereocenters. The number of aromatic nitrogens is 1. The van der Waals surface area contributed by atoms with E-state index < -0.39 is 10.9 Å². The van der Waals surface area contributed by atoms with E-state index in [1.807, 2.05) is 13.0 Å². The minimum absolute atomic E-state index is 0.0438. The van der Waals surface area contributed by atoms with Gasteiger partial charge in [-0.3, -0.25) is 15.1 Å². The minimum Gasteiger partial charge on any atom is -0.480 e. The number of nitrogens with zero attached hydrogens (tertiary/aromatic N) is 2. The van der Waals surface area contributed by atoms with E-state index in [9.17, 15) is 14.9 Å². The number of hydrogen-bond donors (Lipinski definition) is 1. The third-order valence-electron chi connectivity index (χ3n) is 2.89. The topological polar surface area (TPSA) is 103 Å². The van der Waals surface area contributed by atoms with Crippen LogP contribution in [0, 0.1) is 17.0 Å². The molecule has 0 saturated heterocycles. The summed E-state index contributed by atoms with van der Waals surface area (Å²) in [5.41, 5.74) is 0.807. The first-order valence-corrected chi connectivity index (χ1v) is 6.04. The predicted octanol–water partition coefficient (Wildman–Crippen LogP) is 2.58. The molecule has 7 heteroatoms. The minimum atomic E-state index is -1.29. The Morgan fingerprint density at radius 2 is 2.14 bits per heavy atom. The maximum atomic E-state index is 11.2. The van der Waals surface area contributed by atoms with E-state index in [1.54, 1.807) is 12.3 Å². The van der Waals surface area contributed by atoms with Crippen LogP contribution in [0.4, 0.5) is 5.69 Å². The van der Waals surface area contributed by atoms with Gasteiger partial charge in [0.1, 0.15) is 12.2 Å². The molecule has 1 N–H and O–H groups in total. The number of carbonyl (C=O) groups is 1. The molecule has 1 aromatic carbocycles. The number of carboxylic acid groups (broad SMARTS) is 1. The number of nitro benzene ring substituents is 1. The maximum Gasteiger partial charge on any atom is 0.339 e. The number of pyridine rings is 1. The maximum absolute atomic E-state index is 11.2. The molecule has 0 saturated carbocycles. The average molecular weight is 288 g/mol. The summed E-state index contributed by atoms with van der Waals surface area (Å²) in [6, 6.07) is 7.35. The van der Waals surface area contributed by atoms with Crippen LogP contribution < -0.4 is 4.74 Å². The summed E-state index contributed by atoms with van der Waals surface area (Å²) >= 11 is 0. The van der Waals surface area contributed by atoms with E-state index in [0.717, 1.165) is 5.56 Å². The van der Waals surface area contributed by atoms with E-state index >= 15 is 0 Å². The zero-order chi connectivity index (χ0) is 15.4. The molecule has 1 heterocycles. The highest BCUT2D eigenvalue weighted by Gasteiger charge is 2.23. The number of para-hydroxylation sites is 1. The molecule has 0 aliphatic carbocycles. The molecule has 2 rings (SSSR count). The van der Waals surface area contributed by atoms with Crippen LogP contribution in [-0.4, -0.2) is 21.0 Å². The number of hydrogen-bond acceptors (Lipinski definition) is 5. The summed E-state index contributed by atoms with van der Waals surface area (Å²) < 4.78 is 5.37. The van der Waals surface area contributed by atoms with Gasteiger partial charge in [-0.05, 0) is 24.6 Å². The lowest BCUT2D eigenvalue weighted by Crippen LogP contribution is -2.07. The van der Waals surface area contributed by atoms with Crippen molar-refractivity contribution in [3.63, 3.8) is 0 Å². The zero-order valence-electron chi connectivity index (χ0n) is 11.1. The zero-order valence-corrected chi connectivity index (χ0v) is 11.1. The smallest absolute Gasteiger partial charge is 0.339 e. The van der Waals surface area contributed by atoms with Gasteiger partial charge in [0.25, 0.3) is 0 Å². The van der Waals surface area contributed by atoms with Crippen molar-refractivity contribution in [3.05, 3.63) is 63.5 Å². The molecule has 21 heavy (non-hydrogen) atoms. The number of carboxylic acids is 1. The van der Waals surface area contributed by atoms with Crippen LogP contribution in [0.3, 0.4) is 0 Å². The molecule has 108 valence electrons. The Hall–Kier alpha value is -2.96. The summed E-state index contributed by atoms with van der Waals surface area (Å²) in [7, 11) is 0. The van der Waals surface area contributed by atoms with Crippen molar-refractivity contribution in [1.29, 1.82) is 0 Å². The van der Waals surface area contributed by atoms with E-state index in [-0.39, 0.29) is 23.6 Å². The van der Waals surface area contributed by atoms with Gasteiger partial charge in [0, 0.05) is 12.3 Å². The van der Waals surface area contributed by atoms with E-state index in [0.29, 0.717) is 5.69 Å². The molecular formula is C14H12N2O5. The van der Waals surface area contributed by atoms with Crippen LogP contribution in [0.1, 0.15) is 21.6 Å². The number of aromatic carboxylic acids is 1. The monoisotopic (exact) mass is 288 g/mol. The Balaban J connectivity index is 2.36. The van der Waals surface area contributed by atoms with E-state index in [2.05, 4.69) is 4.98 Å². The van der Waals surface area contributed by atoms with Gasteiger partial charge in [0.15, 0.2) is 0 Å². The predicted molar refractivity (Wildman–Crippen MR) is 73.4 cm³/mol. The number of ether oxygens (including phenoxy) is 1. The Morgan fingerprint density at radius 1 is 1.38 bits per heavy atom. The summed E-state index contributed by atoms with van der Waals surface area (Å²) in [5.74, 6) is -1.55. The fourth-order valence-corrected chi connectivity index (χ4v) is 1.80. The van der Waals surface area contributed by atoms with Crippen LogP contribution >= 0.6 is 0 Å². The highest BCUT2D eigenvalue weighted by atomic mass is 16.6. The van der Waals surface area contributed by atoms with Gasteiger partial charge in [-0.2, -0.15) is 0 Å². The van der Waals surface area contributed by atoms with Crippen LogP contribution in [0.5, 0.6) is 5.75 Å². The Kier molecular flexibility index (Phi) is 4.13. The second-order valence-corrected chi connectivity index (χ2v) is 4.27. The van der Waals surface area contributed by atoms with Crippen molar-refractivity contribution in [2.45, 2.75) is 13.5 Å². The molecule has 1 aromatic heterocycles. The second kappa shape index (κ2) is 6.00. The molecule has 0 bridgehead atoms. The Labute approximate surface area is 120 Å². The fourth-order valence-electron chi connectivity index (χ4n) is 1.80. The van der Waals surface area contributed by atoms with Crippen molar-refractivity contribution in [3.8, 4) is 5.75 Å². The van der Waals surface area contributed by atoms with Crippen molar-refractivity contribution in [2.24, 2.45) is 0 Å². The first kappa shape index (κ1) is 14.4. The van der Waals surface area contributed by atoms with Gasteiger partial charge in [-0.25, -0.2) is 4.79 Å². The first-order chi connectivity index (χ1) is 10.0. The van der Waals surface area contributed by atoms with Gasteiger partial charge in [-0.15, -0.1) is 0 Å². The lowest BCUT2D eigenvalue weighted by Gasteiger charge is -2.10. The average Bonchev–Trinajstić information content (AvgIpc) is 2.45. The highest BCUT2D eigenvalue weighted by Crippen LogP contribution is 2.31. The lowest BCUT2D eigenvalue weighted by molar-refractivity contribution is -0.386. The van der Waals surface area contributed by atoms with Gasteiger partial charge >= 0.3 is 11.7 Å². The number of nitro groups is 1. The summed E-state index contributed by atoms with van der Waals surface area (Å²) in [4.78, 5) is 25.6. The number of benzene rings is 1. The van der Waals surface area contributed by atoms with Gasteiger partial charge < -0.3 is 9.84 Å². The number of rotatable bonds is 5. The van der Waals surface area contributed by atoms with Crippen LogP contribution in [0.25, 0.3) is 0 Å². The van der Waals surface area contributed by atoms with E-state index in [1.165, 1.54) is 18.2 Å². The molecule has 0 spiro atoms. The molecular weight excluding hydrogens is 276 g/mol. The van der Waals surface area contributed by atoms with Crippen molar-refractivity contribution >= 4 is 11.7 Å². The molecule has 7 nitrogen and oxygen atoms in total. The van der Waals surface area contributed by atoms with Crippen LogP contribution in [0.2, 0.25) is 0 Å². The fraction of sp³-hybridized carbons (Fsp3) is 0.143. The Morgan fingerprint density at radius 3 is 2.76 bits per heavy atom. The summed E-state index contributed by atoms with van der Waals surface area (Å²) in [6.45, 7) is 1.78. The van der Waals surface area contributed by atoms with Crippen LogP contribution in [0.15, 0.2) is 36.5 Å². The largest absolute Gasteiger partial charge is 0.480 e. The quantitative estimate of drug-likeness (QED) is 0.670. The first-order valence-electron chi connectivity index (χ1n) is 6.04. The van der Waals surface area contributed by atoms with Gasteiger partial charge in [0.05, 0.1) is 10.6 Å². The third kappa shape index (κ3) is 3.14. The molecule has 0 aliphatic rings. The number of aryl methyl sites for hydroxylation is 1. The second-order valence-electron chi connectivity index (χ2n) is 4.27. The van der Waals surface area contributed by atoms with Crippen molar-refractivity contribution in [2.75, 3.05) is 0 Å². The molecule has 0 fully saturated rings. The molecule has 0 amide bonds. The van der Waals surface area contributed by atoms with Crippen molar-refractivity contribution in [1.82, 2.24) is 4.98 Å². The Bertz CT molecular complexity index is 667. The van der Waals surface area contributed by atoms with Crippen LogP contribution in [-0.2, 0) is 6.61 Å². The molecule has 0 atom stereocenters. The molecule has 2 aromatic rings. The summed E-state index contributed by atoms with van der Waals surface area (Å²) in [6.07, 6.45) is 1.57. The highest BCUT2D eigenvalue weighted by molar-refractivity contribution is 5.92. The van der Waals surface area contributed by atoms with Gasteiger partial charge in [0.2, 0.25) is 5.75 Å². The summed E-state index contributed by atoms with van der Waals surface area (Å²) in [5, 5.41) is 20.1. The SMILES string of the molecule is Cc1cccnc1COc1c(C(=O)O)cccc1[N+](=O)[O-]. The van der Waals surface area contributed by atoms with E-state index in [4.69, 9.17) is 9.84 Å². The molecule has 0 aliphatic heterocycles. The third-order valence-corrected chi connectivity index (χ3v) is 2.89. The molecule has 0 radical (unpaired) electrons. The normalized spacial score (nSPS) is 10.1. The van der Waals surface area contributed by atoms with Gasteiger partial charge in [-0.1, -0.05) is 12.1 Å². The lowest BCUT2D eigenvalue weighted by atomic mass is 10.1. The standard InChI is InChI=1S/C14H12N2O5/c1-9-4-3-7-15-11(9)8-21-13-10(14(17)18)5-2-6-12(13)16(19)20/h2-7H,8H2,1H3,(H,17,18). The van der Waals surface area contributed by atoms with Crippen molar-refractivity contribution < 1.29 is 19.6 Å².